The van der Waals surface area contributed by atoms with E-state index in [0.717, 1.165) is 6.07 Å². The number of aryl methyl sites for hydroxylation is 1. The fraction of sp³-hybridized carbons (Fsp3) is 0.300. The van der Waals surface area contributed by atoms with Crippen molar-refractivity contribution in [3.8, 4) is 5.75 Å². The SMILES string of the molecule is CCc1cc2c(OS(=O)(=O)C(F)(F)F)cccn2n1. The molecule has 0 amide bonds. The van der Waals surface area contributed by atoms with Crippen LogP contribution in [-0.4, -0.2) is 23.5 Å². The van der Waals surface area contributed by atoms with Gasteiger partial charge in [0, 0.05) is 6.20 Å². The monoisotopic (exact) mass is 294 g/mol. The number of halogens is 3. The number of fused-ring (bicyclic) bond motifs is 1. The van der Waals surface area contributed by atoms with E-state index in [1.165, 1.54) is 22.8 Å². The first-order valence-corrected chi connectivity index (χ1v) is 6.63. The number of pyridine rings is 1. The van der Waals surface area contributed by atoms with Gasteiger partial charge in [-0.25, -0.2) is 4.52 Å². The third-order valence-corrected chi connectivity index (χ3v) is 3.32. The molecule has 0 aliphatic heterocycles. The van der Waals surface area contributed by atoms with Crippen molar-refractivity contribution >= 4 is 15.6 Å². The van der Waals surface area contributed by atoms with Gasteiger partial charge in [0.1, 0.15) is 5.52 Å². The molecule has 0 fully saturated rings. The van der Waals surface area contributed by atoms with Crippen molar-refractivity contribution in [1.29, 1.82) is 0 Å². The summed E-state index contributed by atoms with van der Waals surface area (Å²) >= 11 is 0. The maximum absolute atomic E-state index is 12.3. The van der Waals surface area contributed by atoms with E-state index in [0.29, 0.717) is 12.1 Å². The molecule has 0 atom stereocenters. The van der Waals surface area contributed by atoms with Crippen LogP contribution in [0.4, 0.5) is 13.2 Å². The maximum Gasteiger partial charge on any atom is 0.534 e. The minimum Gasteiger partial charge on any atom is -0.374 e. The molecule has 0 spiro atoms. The molecule has 0 aliphatic rings. The normalized spacial score (nSPS) is 12.8. The van der Waals surface area contributed by atoms with Gasteiger partial charge < -0.3 is 4.18 Å². The molecule has 5 nitrogen and oxygen atoms in total. The van der Waals surface area contributed by atoms with E-state index in [2.05, 4.69) is 9.28 Å². The number of hydrogen-bond acceptors (Lipinski definition) is 4. The summed E-state index contributed by atoms with van der Waals surface area (Å²) in [5.41, 5.74) is -4.69. The van der Waals surface area contributed by atoms with Gasteiger partial charge >= 0.3 is 15.6 Å². The van der Waals surface area contributed by atoms with Crippen LogP contribution in [0.1, 0.15) is 12.6 Å². The first-order valence-electron chi connectivity index (χ1n) is 5.22. The van der Waals surface area contributed by atoms with Crippen molar-refractivity contribution in [2.45, 2.75) is 18.9 Å². The Labute approximate surface area is 106 Å². The van der Waals surface area contributed by atoms with Crippen LogP contribution in [-0.2, 0) is 16.5 Å². The van der Waals surface area contributed by atoms with E-state index in [1.807, 2.05) is 6.92 Å². The molecule has 0 aliphatic carbocycles. The van der Waals surface area contributed by atoms with Gasteiger partial charge in [-0.1, -0.05) is 6.92 Å². The minimum atomic E-state index is -5.68. The Hall–Kier alpha value is -1.77. The highest BCUT2D eigenvalue weighted by Crippen LogP contribution is 2.29. The second-order valence-corrected chi connectivity index (χ2v) is 5.21. The van der Waals surface area contributed by atoms with Crippen molar-refractivity contribution in [2.75, 3.05) is 0 Å². The molecule has 0 saturated heterocycles. The van der Waals surface area contributed by atoms with E-state index in [9.17, 15) is 21.6 Å². The molecule has 2 aromatic rings. The van der Waals surface area contributed by atoms with Gasteiger partial charge in [0.2, 0.25) is 0 Å². The van der Waals surface area contributed by atoms with E-state index < -0.39 is 21.4 Å². The molecule has 9 heteroatoms. The summed E-state index contributed by atoms with van der Waals surface area (Å²) < 4.78 is 64.1. The fourth-order valence-electron chi connectivity index (χ4n) is 1.45. The molecule has 0 radical (unpaired) electrons. The second-order valence-electron chi connectivity index (χ2n) is 3.67. The lowest BCUT2D eigenvalue weighted by molar-refractivity contribution is -0.0499. The fourth-order valence-corrected chi connectivity index (χ4v) is 1.92. The third kappa shape index (κ3) is 2.50. The number of alkyl halides is 3. The molecule has 0 N–H and O–H groups in total. The van der Waals surface area contributed by atoms with E-state index >= 15 is 0 Å². The van der Waals surface area contributed by atoms with Gasteiger partial charge in [-0.3, -0.25) is 0 Å². The van der Waals surface area contributed by atoms with Crippen LogP contribution >= 0.6 is 0 Å². The van der Waals surface area contributed by atoms with Gasteiger partial charge in [-0.05, 0) is 24.6 Å². The van der Waals surface area contributed by atoms with Gasteiger partial charge in [0.05, 0.1) is 5.69 Å². The van der Waals surface area contributed by atoms with Crippen molar-refractivity contribution in [3.05, 3.63) is 30.1 Å². The summed E-state index contributed by atoms with van der Waals surface area (Å²) in [5, 5.41) is 4.04. The van der Waals surface area contributed by atoms with Crippen molar-refractivity contribution in [3.63, 3.8) is 0 Å². The zero-order valence-corrected chi connectivity index (χ0v) is 10.5. The quantitative estimate of drug-likeness (QED) is 0.642. The lowest BCUT2D eigenvalue weighted by Crippen LogP contribution is -2.28. The Morgan fingerprint density at radius 1 is 1.42 bits per heavy atom. The average molecular weight is 294 g/mol. The van der Waals surface area contributed by atoms with Crippen LogP contribution in [0.15, 0.2) is 24.4 Å². The van der Waals surface area contributed by atoms with E-state index in [4.69, 9.17) is 0 Å². The number of aromatic nitrogens is 2. The molecule has 2 heterocycles. The van der Waals surface area contributed by atoms with Crippen LogP contribution < -0.4 is 4.18 Å². The standard InChI is InChI=1S/C10H9F3N2O3S/c1-2-7-6-8-9(4-3-5-15(8)14-7)18-19(16,17)10(11,12)13/h3-6H,2H2,1H3. The number of hydrogen-bond donors (Lipinski definition) is 0. The lowest BCUT2D eigenvalue weighted by atomic mass is 10.3. The number of rotatable bonds is 3. The Bertz CT molecular complexity index is 706. The summed E-state index contributed by atoms with van der Waals surface area (Å²) in [6.45, 7) is 1.81. The van der Waals surface area contributed by atoms with Crippen LogP contribution in [0.25, 0.3) is 5.52 Å². The average Bonchev–Trinajstić information content (AvgIpc) is 2.71. The van der Waals surface area contributed by atoms with Crippen LogP contribution in [0.2, 0.25) is 0 Å². The van der Waals surface area contributed by atoms with Gasteiger partial charge in [-0.2, -0.15) is 26.7 Å². The largest absolute Gasteiger partial charge is 0.534 e. The van der Waals surface area contributed by atoms with Crippen molar-refractivity contribution in [2.24, 2.45) is 0 Å². The summed E-state index contributed by atoms with van der Waals surface area (Å²) in [6, 6.07) is 3.96. The van der Waals surface area contributed by atoms with Crippen molar-refractivity contribution < 1.29 is 25.8 Å². The highest BCUT2D eigenvalue weighted by molar-refractivity contribution is 7.88. The zero-order chi connectivity index (χ0) is 14.3. The predicted octanol–water partition coefficient (Wildman–Crippen LogP) is 2.13. The van der Waals surface area contributed by atoms with Gasteiger partial charge in [0.25, 0.3) is 0 Å². The first kappa shape index (κ1) is 13.7. The maximum atomic E-state index is 12.3. The molecule has 104 valence electrons. The molecule has 0 aromatic carbocycles. The van der Waals surface area contributed by atoms with Crippen LogP contribution in [0, 0.1) is 0 Å². The van der Waals surface area contributed by atoms with Crippen molar-refractivity contribution in [1.82, 2.24) is 9.61 Å². The van der Waals surface area contributed by atoms with Crippen LogP contribution in [0.5, 0.6) is 5.75 Å². The highest BCUT2D eigenvalue weighted by atomic mass is 32.2. The summed E-state index contributed by atoms with van der Waals surface area (Å²) in [4.78, 5) is 0. The smallest absolute Gasteiger partial charge is 0.374 e. The number of nitrogens with zero attached hydrogens (tertiary/aromatic N) is 2. The van der Waals surface area contributed by atoms with Gasteiger partial charge in [0.15, 0.2) is 5.75 Å². The summed E-state index contributed by atoms with van der Waals surface area (Å²) in [6.07, 6.45) is 2.05. The molecule has 2 aromatic heterocycles. The highest BCUT2D eigenvalue weighted by Gasteiger charge is 2.48. The Kier molecular flexibility index (Phi) is 3.17. The third-order valence-electron chi connectivity index (χ3n) is 2.36. The molecular formula is C10H9F3N2O3S. The Balaban J connectivity index is 2.49. The van der Waals surface area contributed by atoms with Gasteiger partial charge in [-0.15, -0.1) is 0 Å². The molecule has 19 heavy (non-hydrogen) atoms. The zero-order valence-electron chi connectivity index (χ0n) is 9.68. The predicted molar refractivity (Wildman–Crippen MR) is 60.2 cm³/mol. The molecule has 0 saturated carbocycles. The Morgan fingerprint density at radius 2 is 2.11 bits per heavy atom. The lowest BCUT2D eigenvalue weighted by Gasteiger charge is -2.09. The molecular weight excluding hydrogens is 285 g/mol. The van der Waals surface area contributed by atoms with E-state index in [1.54, 1.807) is 0 Å². The minimum absolute atomic E-state index is 0.159. The summed E-state index contributed by atoms with van der Waals surface area (Å²) in [5.74, 6) is -0.410. The topological polar surface area (TPSA) is 60.7 Å². The summed E-state index contributed by atoms with van der Waals surface area (Å²) in [7, 11) is -5.68. The second kappa shape index (κ2) is 4.41. The molecule has 0 unspecified atom stereocenters. The molecule has 2 rings (SSSR count). The van der Waals surface area contributed by atoms with E-state index in [-0.39, 0.29) is 5.52 Å². The van der Waals surface area contributed by atoms with Crippen LogP contribution in [0.3, 0.4) is 0 Å². The Morgan fingerprint density at radius 3 is 2.68 bits per heavy atom. The molecule has 0 bridgehead atoms. The first-order chi connectivity index (χ1) is 8.74.